The Morgan fingerprint density at radius 1 is 1.24 bits per heavy atom. The lowest BCUT2D eigenvalue weighted by molar-refractivity contribution is -0.384. The molecule has 134 valence electrons. The van der Waals surface area contributed by atoms with E-state index in [0.717, 1.165) is 22.4 Å². The predicted molar refractivity (Wildman–Crippen MR) is 110 cm³/mol. The van der Waals surface area contributed by atoms with Gasteiger partial charge in [0.2, 0.25) is 0 Å². The third-order valence-electron chi connectivity index (χ3n) is 4.02. The maximum atomic E-state index is 10.8. The Kier molecular flexibility index (Phi) is 7.27. The van der Waals surface area contributed by atoms with Crippen molar-refractivity contribution in [2.24, 2.45) is 10.9 Å². The Hall–Kier alpha value is -1.58. The Morgan fingerprint density at radius 3 is 2.44 bits per heavy atom. The van der Waals surface area contributed by atoms with Gasteiger partial charge in [0.15, 0.2) is 0 Å². The Balaban J connectivity index is 2.13. The number of nitrogens with zero attached hydrogens (tertiary/aromatic N) is 2. The van der Waals surface area contributed by atoms with Crippen LogP contribution in [0.15, 0.2) is 29.3 Å². The van der Waals surface area contributed by atoms with E-state index in [1.54, 1.807) is 23.9 Å². The highest BCUT2D eigenvalue weighted by Gasteiger charge is 2.15. The van der Waals surface area contributed by atoms with Crippen LogP contribution in [-0.4, -0.2) is 23.8 Å². The molecule has 4 nitrogen and oxygen atoms in total. The van der Waals surface area contributed by atoms with Crippen molar-refractivity contribution in [1.82, 2.24) is 0 Å². The van der Waals surface area contributed by atoms with Gasteiger partial charge in [0.05, 0.1) is 10.6 Å². The van der Waals surface area contributed by atoms with E-state index in [9.17, 15) is 10.1 Å². The van der Waals surface area contributed by atoms with Crippen LogP contribution in [0.3, 0.4) is 0 Å². The van der Waals surface area contributed by atoms with Gasteiger partial charge in [-0.15, -0.1) is 5.54 Å². The lowest BCUT2D eigenvalue weighted by atomic mass is 9.91. The van der Waals surface area contributed by atoms with Gasteiger partial charge in [-0.1, -0.05) is 50.7 Å². The molecule has 25 heavy (non-hydrogen) atoms. The Bertz CT molecular complexity index is 678. The molecule has 6 heteroatoms. The van der Waals surface area contributed by atoms with Crippen LogP contribution in [0, 0.1) is 27.5 Å². The van der Waals surface area contributed by atoms with E-state index in [-0.39, 0.29) is 5.69 Å². The summed E-state index contributed by atoms with van der Waals surface area (Å²) in [4.78, 5) is 15.0. The van der Waals surface area contributed by atoms with Crippen LogP contribution in [-0.2, 0) is 0 Å². The largest absolute Gasteiger partial charge is 0.269 e. The van der Waals surface area contributed by atoms with Crippen molar-refractivity contribution < 1.29 is 4.92 Å². The lowest BCUT2D eigenvalue weighted by Crippen LogP contribution is -2.17. The van der Waals surface area contributed by atoms with E-state index in [1.165, 1.54) is 44.2 Å². The van der Waals surface area contributed by atoms with Gasteiger partial charge < -0.3 is 0 Å². The molecular formula is C19H26N2O2SSi. The summed E-state index contributed by atoms with van der Waals surface area (Å²) in [6.07, 6.45) is 6.64. The third kappa shape index (κ3) is 7.45. The highest BCUT2D eigenvalue weighted by molar-refractivity contribution is 8.14. The van der Waals surface area contributed by atoms with Gasteiger partial charge in [0.1, 0.15) is 13.1 Å². The van der Waals surface area contributed by atoms with E-state index in [1.807, 2.05) is 0 Å². The van der Waals surface area contributed by atoms with Crippen LogP contribution in [0.1, 0.15) is 32.1 Å². The molecule has 1 fully saturated rings. The second-order valence-electron chi connectivity index (χ2n) is 7.51. The molecule has 0 radical (unpaired) electrons. The maximum Gasteiger partial charge on any atom is 0.269 e. The van der Waals surface area contributed by atoms with Crippen LogP contribution in [0.4, 0.5) is 11.4 Å². The maximum absolute atomic E-state index is 10.8. The van der Waals surface area contributed by atoms with E-state index >= 15 is 0 Å². The molecule has 1 aromatic carbocycles. The molecule has 0 atom stereocenters. The Labute approximate surface area is 155 Å². The molecule has 0 heterocycles. The van der Waals surface area contributed by atoms with Gasteiger partial charge in [0.25, 0.3) is 5.69 Å². The van der Waals surface area contributed by atoms with Crippen molar-refractivity contribution >= 4 is 36.3 Å². The van der Waals surface area contributed by atoms with Crippen molar-refractivity contribution in [3.05, 3.63) is 34.4 Å². The molecule has 0 bridgehead atoms. The first-order valence-electron chi connectivity index (χ1n) is 8.82. The summed E-state index contributed by atoms with van der Waals surface area (Å²) in [5.41, 5.74) is 4.20. The molecule has 0 aromatic heterocycles. The van der Waals surface area contributed by atoms with Gasteiger partial charge in [0, 0.05) is 17.9 Å². The molecule has 2 rings (SSSR count). The molecule has 0 unspecified atom stereocenters. The lowest BCUT2D eigenvalue weighted by Gasteiger charge is -2.20. The van der Waals surface area contributed by atoms with Crippen LogP contribution >= 0.6 is 11.8 Å². The predicted octanol–water partition coefficient (Wildman–Crippen LogP) is 5.82. The smallest absolute Gasteiger partial charge is 0.258 e. The normalized spacial score (nSPS) is 16.2. The monoisotopic (exact) mass is 374 g/mol. The van der Waals surface area contributed by atoms with Crippen LogP contribution in [0.25, 0.3) is 0 Å². The van der Waals surface area contributed by atoms with Gasteiger partial charge in [-0.3, -0.25) is 10.1 Å². The van der Waals surface area contributed by atoms with Crippen molar-refractivity contribution in [3.63, 3.8) is 0 Å². The molecule has 1 aromatic rings. The molecule has 0 amide bonds. The van der Waals surface area contributed by atoms with Crippen LogP contribution in [0.5, 0.6) is 0 Å². The SMILES string of the molecule is C[Si](C)(C)C#CC(=Nc1ccc([N+](=O)[O-])cc1)SCC1CCCCC1. The fourth-order valence-corrected chi connectivity index (χ4v) is 4.26. The van der Waals surface area contributed by atoms with Crippen molar-refractivity contribution in [2.45, 2.75) is 51.7 Å². The van der Waals surface area contributed by atoms with Crippen molar-refractivity contribution in [1.29, 1.82) is 0 Å². The fourth-order valence-electron chi connectivity index (χ4n) is 2.65. The number of hydrogen-bond acceptors (Lipinski definition) is 4. The van der Waals surface area contributed by atoms with Crippen molar-refractivity contribution in [2.75, 3.05) is 5.75 Å². The highest BCUT2D eigenvalue weighted by atomic mass is 32.2. The zero-order valence-electron chi connectivity index (χ0n) is 15.2. The molecule has 1 aliphatic rings. The van der Waals surface area contributed by atoms with Crippen molar-refractivity contribution in [3.8, 4) is 11.5 Å². The zero-order valence-corrected chi connectivity index (χ0v) is 17.1. The second-order valence-corrected chi connectivity index (χ2v) is 13.3. The number of nitro groups is 1. The second kappa shape index (κ2) is 9.21. The summed E-state index contributed by atoms with van der Waals surface area (Å²) >= 11 is 1.74. The summed E-state index contributed by atoms with van der Waals surface area (Å²) in [6, 6.07) is 6.37. The van der Waals surface area contributed by atoms with Gasteiger partial charge in [-0.05, 0) is 36.8 Å². The minimum Gasteiger partial charge on any atom is -0.258 e. The number of hydrogen-bond donors (Lipinski definition) is 0. The molecule has 1 aliphatic carbocycles. The molecule has 0 aliphatic heterocycles. The standard InChI is InChI=1S/C19H26N2O2SSi/c1-25(2,3)14-13-19(24-15-16-7-5-4-6-8-16)20-17-9-11-18(12-10-17)21(22)23/h9-12,16H,4-8,15H2,1-3H3. The third-order valence-corrected chi connectivity index (χ3v) is 6.00. The first-order chi connectivity index (χ1) is 11.8. The Morgan fingerprint density at radius 2 is 1.88 bits per heavy atom. The molecule has 1 saturated carbocycles. The summed E-state index contributed by atoms with van der Waals surface area (Å²) in [5, 5.41) is 11.6. The average molecular weight is 375 g/mol. The first-order valence-corrected chi connectivity index (χ1v) is 13.3. The summed E-state index contributed by atoms with van der Waals surface area (Å²) < 4.78 is 0. The average Bonchev–Trinajstić information content (AvgIpc) is 2.58. The van der Waals surface area contributed by atoms with E-state index in [4.69, 9.17) is 0 Å². The number of aliphatic imine (C=N–C) groups is 1. The summed E-state index contributed by atoms with van der Waals surface area (Å²) in [7, 11) is -1.47. The van der Waals surface area contributed by atoms with Gasteiger partial charge in [-0.25, -0.2) is 4.99 Å². The molecule has 0 saturated heterocycles. The van der Waals surface area contributed by atoms with Gasteiger partial charge in [-0.2, -0.15) is 0 Å². The number of nitro benzene ring substituents is 1. The highest BCUT2D eigenvalue weighted by Crippen LogP contribution is 2.28. The fraction of sp³-hybridized carbons (Fsp3) is 0.526. The summed E-state index contributed by atoms with van der Waals surface area (Å²) in [5.74, 6) is 5.10. The molecule has 0 N–H and O–H groups in total. The molecule has 0 spiro atoms. The van der Waals surface area contributed by atoms with E-state index in [0.29, 0.717) is 0 Å². The zero-order chi connectivity index (χ0) is 18.3. The van der Waals surface area contributed by atoms with Crippen LogP contribution < -0.4 is 0 Å². The van der Waals surface area contributed by atoms with E-state index in [2.05, 4.69) is 36.1 Å². The number of rotatable bonds is 4. The topological polar surface area (TPSA) is 55.5 Å². The number of thioether (sulfide) groups is 1. The number of benzene rings is 1. The minimum atomic E-state index is -1.47. The molecular weight excluding hydrogens is 348 g/mol. The van der Waals surface area contributed by atoms with Crippen LogP contribution in [0.2, 0.25) is 19.6 Å². The quantitative estimate of drug-likeness (QED) is 0.167. The van der Waals surface area contributed by atoms with Gasteiger partial charge >= 0.3 is 0 Å². The number of non-ortho nitro benzene ring substituents is 1. The van der Waals surface area contributed by atoms with E-state index < -0.39 is 13.0 Å². The summed E-state index contributed by atoms with van der Waals surface area (Å²) in [6.45, 7) is 6.65. The minimum absolute atomic E-state index is 0.0866. The first kappa shape index (κ1) is 19.7.